The molecule has 1 atom stereocenters. The van der Waals surface area contributed by atoms with E-state index in [2.05, 4.69) is 26.8 Å². The van der Waals surface area contributed by atoms with Gasteiger partial charge < -0.3 is 0 Å². The van der Waals surface area contributed by atoms with Gasteiger partial charge in [0.15, 0.2) is 0 Å². The van der Waals surface area contributed by atoms with Crippen LogP contribution in [0, 0.1) is 11.8 Å². The van der Waals surface area contributed by atoms with E-state index in [1.54, 1.807) is 0 Å². The molecule has 0 aromatic heterocycles. The van der Waals surface area contributed by atoms with Crippen molar-refractivity contribution in [2.24, 2.45) is 11.8 Å². The molecule has 1 aliphatic carbocycles. The highest BCUT2D eigenvalue weighted by molar-refractivity contribution is 7.80. The van der Waals surface area contributed by atoms with Gasteiger partial charge in [-0.1, -0.05) is 39.1 Å². The second kappa shape index (κ2) is 3.48. The molecule has 1 aliphatic rings. The van der Waals surface area contributed by atoms with Gasteiger partial charge in [0, 0.05) is 4.86 Å². The van der Waals surface area contributed by atoms with E-state index in [1.807, 2.05) is 0 Å². The number of allylic oxidation sites excluding steroid dienone is 2. The smallest absolute Gasteiger partial charge is 0.0186 e. The first-order chi connectivity index (χ1) is 5.11. The molecule has 0 saturated heterocycles. The van der Waals surface area contributed by atoms with Crippen molar-refractivity contribution in [1.82, 2.24) is 0 Å². The quantitative estimate of drug-likeness (QED) is 0.541. The van der Waals surface area contributed by atoms with Crippen LogP contribution in [0.4, 0.5) is 0 Å². The third kappa shape index (κ3) is 2.13. The first kappa shape index (κ1) is 8.92. The van der Waals surface area contributed by atoms with Crippen LogP contribution < -0.4 is 0 Å². The molecule has 1 heteroatoms. The predicted molar refractivity (Wildman–Crippen MR) is 53.9 cm³/mol. The van der Waals surface area contributed by atoms with E-state index >= 15 is 0 Å². The van der Waals surface area contributed by atoms with Crippen LogP contribution in [0.15, 0.2) is 11.6 Å². The van der Waals surface area contributed by atoms with E-state index in [9.17, 15) is 0 Å². The van der Waals surface area contributed by atoms with Crippen LogP contribution >= 0.6 is 12.2 Å². The molecular formula is C10H16S. The number of hydrogen-bond donors (Lipinski definition) is 0. The lowest BCUT2D eigenvalue weighted by molar-refractivity contribution is 0.599. The minimum Gasteiger partial charge on any atom is -0.0846 e. The van der Waals surface area contributed by atoms with Crippen LogP contribution in [-0.4, -0.2) is 4.86 Å². The minimum atomic E-state index is 0.620. The monoisotopic (exact) mass is 168 g/mol. The molecule has 0 aromatic carbocycles. The third-order valence-electron chi connectivity index (χ3n) is 2.22. The number of hydrogen-bond acceptors (Lipinski definition) is 1. The summed E-state index contributed by atoms with van der Waals surface area (Å²) in [6.45, 7) is 6.70. The van der Waals surface area contributed by atoms with Gasteiger partial charge in [0.1, 0.15) is 0 Å². The van der Waals surface area contributed by atoms with Crippen molar-refractivity contribution >= 4 is 17.1 Å². The summed E-state index contributed by atoms with van der Waals surface area (Å²) in [6.07, 6.45) is 4.66. The predicted octanol–water partition coefficient (Wildman–Crippen LogP) is 3.37. The third-order valence-corrected chi connectivity index (χ3v) is 2.62. The maximum Gasteiger partial charge on any atom is 0.0186 e. The Hall–Kier alpha value is -0.170. The molecule has 0 amide bonds. The second-order valence-corrected chi connectivity index (χ2v) is 4.28. The van der Waals surface area contributed by atoms with Gasteiger partial charge in [0.25, 0.3) is 0 Å². The summed E-state index contributed by atoms with van der Waals surface area (Å²) in [4.78, 5) is 1.19. The molecule has 0 aliphatic heterocycles. The van der Waals surface area contributed by atoms with Crippen LogP contribution in [0.2, 0.25) is 0 Å². The van der Waals surface area contributed by atoms with Crippen molar-refractivity contribution in [2.45, 2.75) is 33.6 Å². The van der Waals surface area contributed by atoms with Crippen LogP contribution in [0.5, 0.6) is 0 Å². The van der Waals surface area contributed by atoms with Gasteiger partial charge >= 0.3 is 0 Å². The van der Waals surface area contributed by atoms with E-state index in [-0.39, 0.29) is 0 Å². The van der Waals surface area contributed by atoms with E-state index in [4.69, 9.17) is 12.2 Å². The summed E-state index contributed by atoms with van der Waals surface area (Å²) < 4.78 is 0. The Morgan fingerprint density at radius 2 is 2.18 bits per heavy atom. The Morgan fingerprint density at radius 1 is 1.55 bits per heavy atom. The van der Waals surface area contributed by atoms with Crippen LogP contribution in [0.3, 0.4) is 0 Å². The molecule has 0 N–H and O–H groups in total. The van der Waals surface area contributed by atoms with Gasteiger partial charge in [-0.2, -0.15) is 0 Å². The lowest BCUT2D eigenvalue weighted by atomic mass is 9.86. The summed E-state index contributed by atoms with van der Waals surface area (Å²) >= 11 is 5.31. The lowest BCUT2D eigenvalue weighted by Crippen LogP contribution is -2.15. The van der Waals surface area contributed by atoms with Crippen LogP contribution in [-0.2, 0) is 0 Å². The fraction of sp³-hybridized carbons (Fsp3) is 0.700. The molecule has 11 heavy (non-hydrogen) atoms. The Balaban J connectivity index is 2.73. The average Bonchev–Trinajstić information content (AvgIpc) is 1.85. The molecule has 62 valence electrons. The molecular weight excluding hydrogens is 152 g/mol. The summed E-state index contributed by atoms with van der Waals surface area (Å²) in [6, 6.07) is 0. The highest BCUT2D eigenvalue weighted by atomic mass is 32.1. The highest BCUT2D eigenvalue weighted by Gasteiger charge is 2.16. The van der Waals surface area contributed by atoms with Crippen molar-refractivity contribution < 1.29 is 0 Å². The zero-order valence-corrected chi connectivity index (χ0v) is 8.37. The fourth-order valence-corrected chi connectivity index (χ4v) is 2.12. The molecule has 0 heterocycles. The van der Waals surface area contributed by atoms with Gasteiger partial charge in [0.2, 0.25) is 0 Å². The summed E-state index contributed by atoms with van der Waals surface area (Å²) in [5, 5.41) is 0. The van der Waals surface area contributed by atoms with E-state index < -0.39 is 0 Å². The first-order valence-electron chi connectivity index (χ1n) is 4.34. The summed E-state index contributed by atoms with van der Waals surface area (Å²) in [5.74, 6) is 1.39. The molecule has 0 nitrogen and oxygen atoms in total. The normalized spacial score (nSPS) is 25.6. The maximum absolute atomic E-state index is 5.31. The molecule has 0 bridgehead atoms. The Labute approximate surface area is 74.7 Å². The topological polar surface area (TPSA) is 0 Å². The molecule has 0 saturated carbocycles. The van der Waals surface area contributed by atoms with Crippen molar-refractivity contribution in [3.8, 4) is 0 Å². The number of rotatable bonds is 1. The molecule has 1 rings (SSSR count). The SMILES string of the molecule is CC1CC=C(C(C)C)C(=S)C1. The van der Waals surface area contributed by atoms with Gasteiger partial charge in [-0.05, 0) is 30.3 Å². The van der Waals surface area contributed by atoms with E-state index in [1.165, 1.54) is 16.9 Å². The van der Waals surface area contributed by atoms with Gasteiger partial charge in [-0.25, -0.2) is 0 Å². The second-order valence-electron chi connectivity index (χ2n) is 3.78. The van der Waals surface area contributed by atoms with Crippen molar-refractivity contribution in [1.29, 1.82) is 0 Å². The molecule has 1 unspecified atom stereocenters. The van der Waals surface area contributed by atoms with Crippen LogP contribution in [0.25, 0.3) is 0 Å². The summed E-state index contributed by atoms with van der Waals surface area (Å²) in [7, 11) is 0. The summed E-state index contributed by atoms with van der Waals surface area (Å²) in [5.41, 5.74) is 1.41. The van der Waals surface area contributed by atoms with Crippen LogP contribution in [0.1, 0.15) is 33.6 Å². The van der Waals surface area contributed by atoms with Gasteiger partial charge in [-0.3, -0.25) is 0 Å². The lowest BCUT2D eigenvalue weighted by Gasteiger charge is -2.21. The Bertz CT molecular complexity index is 189. The fourth-order valence-electron chi connectivity index (χ4n) is 1.52. The largest absolute Gasteiger partial charge is 0.0846 e. The minimum absolute atomic E-state index is 0.620. The zero-order valence-electron chi connectivity index (χ0n) is 7.55. The van der Waals surface area contributed by atoms with Crippen molar-refractivity contribution in [3.63, 3.8) is 0 Å². The molecule has 0 radical (unpaired) electrons. The maximum atomic E-state index is 5.31. The molecule has 0 spiro atoms. The molecule has 0 aromatic rings. The molecule has 0 fully saturated rings. The van der Waals surface area contributed by atoms with Gasteiger partial charge in [-0.15, -0.1) is 0 Å². The Kier molecular flexibility index (Phi) is 2.83. The zero-order chi connectivity index (χ0) is 8.43. The van der Waals surface area contributed by atoms with Crippen molar-refractivity contribution in [3.05, 3.63) is 11.6 Å². The van der Waals surface area contributed by atoms with E-state index in [0.717, 1.165) is 12.3 Å². The van der Waals surface area contributed by atoms with E-state index in [0.29, 0.717) is 5.92 Å². The number of thiocarbonyl (C=S) groups is 1. The van der Waals surface area contributed by atoms with Crippen molar-refractivity contribution in [2.75, 3.05) is 0 Å². The highest BCUT2D eigenvalue weighted by Crippen LogP contribution is 2.25. The van der Waals surface area contributed by atoms with Gasteiger partial charge in [0.05, 0.1) is 0 Å². The average molecular weight is 168 g/mol. The Morgan fingerprint density at radius 3 is 2.64 bits per heavy atom. The standard InChI is InChI=1S/C10H16S/c1-7(2)9-5-4-8(3)6-10(9)11/h5,7-8H,4,6H2,1-3H3. The first-order valence-corrected chi connectivity index (χ1v) is 4.75.